The summed E-state index contributed by atoms with van der Waals surface area (Å²) in [6, 6.07) is 9.36. The third-order valence-electron chi connectivity index (χ3n) is 3.06. The van der Waals surface area contributed by atoms with E-state index in [9.17, 15) is 0 Å². The Hall–Kier alpha value is -0.380. The fraction of sp³-hybridized carbons (Fsp3) is 0.538. The van der Waals surface area contributed by atoms with Gasteiger partial charge in [0.25, 0.3) is 0 Å². The first kappa shape index (κ1) is 12.1. The predicted octanol–water partition coefficient (Wildman–Crippen LogP) is 2.63. The fourth-order valence-electron chi connectivity index (χ4n) is 2.08. The fourth-order valence-corrected chi connectivity index (χ4v) is 2.53. The summed E-state index contributed by atoms with van der Waals surface area (Å²) < 4.78 is 1.17. The Morgan fingerprint density at radius 3 is 2.81 bits per heavy atom. The van der Waals surface area contributed by atoms with Crippen LogP contribution in [0.3, 0.4) is 0 Å². The number of nitrogens with zero attached hydrogens (tertiary/aromatic N) is 1. The van der Waals surface area contributed by atoms with Crippen LogP contribution in [0.2, 0.25) is 0 Å². The largest absolute Gasteiger partial charge is 0.314 e. The summed E-state index contributed by atoms with van der Waals surface area (Å²) in [4.78, 5) is 2.58. The third kappa shape index (κ3) is 3.06. The average molecular weight is 283 g/mol. The second kappa shape index (κ2) is 5.80. The SMILES string of the molecule is CCCN(Cc1cccc(Br)c1)C1CNC1. The van der Waals surface area contributed by atoms with Gasteiger partial charge in [-0.1, -0.05) is 35.0 Å². The van der Waals surface area contributed by atoms with Crippen LogP contribution in [0.15, 0.2) is 28.7 Å². The highest BCUT2D eigenvalue weighted by Gasteiger charge is 2.23. The first-order chi connectivity index (χ1) is 7.79. The standard InChI is InChI=1S/C13H19BrN2/c1-2-6-16(13-8-15-9-13)10-11-4-3-5-12(14)7-11/h3-5,7,13,15H,2,6,8-10H2,1H3. The van der Waals surface area contributed by atoms with E-state index in [1.165, 1.54) is 23.0 Å². The summed E-state index contributed by atoms with van der Waals surface area (Å²) in [7, 11) is 0. The van der Waals surface area contributed by atoms with Crippen LogP contribution in [0.5, 0.6) is 0 Å². The molecule has 1 N–H and O–H groups in total. The molecule has 1 fully saturated rings. The first-order valence-corrected chi connectivity index (χ1v) is 6.78. The van der Waals surface area contributed by atoms with E-state index in [4.69, 9.17) is 0 Å². The quantitative estimate of drug-likeness (QED) is 0.893. The highest BCUT2D eigenvalue weighted by Crippen LogP contribution is 2.16. The Labute approximate surface area is 106 Å². The maximum atomic E-state index is 3.53. The molecule has 0 amide bonds. The van der Waals surface area contributed by atoms with E-state index in [0.29, 0.717) is 0 Å². The van der Waals surface area contributed by atoms with E-state index in [1.807, 2.05) is 0 Å². The van der Waals surface area contributed by atoms with Gasteiger partial charge in [-0.2, -0.15) is 0 Å². The highest BCUT2D eigenvalue weighted by molar-refractivity contribution is 9.10. The molecule has 0 unspecified atom stereocenters. The monoisotopic (exact) mass is 282 g/mol. The minimum atomic E-state index is 0.735. The summed E-state index contributed by atoms with van der Waals surface area (Å²) in [5, 5.41) is 3.35. The van der Waals surface area contributed by atoms with Crippen LogP contribution in [0, 0.1) is 0 Å². The van der Waals surface area contributed by atoms with Crippen LogP contribution >= 0.6 is 15.9 Å². The van der Waals surface area contributed by atoms with Gasteiger partial charge in [0.2, 0.25) is 0 Å². The molecule has 0 aliphatic carbocycles. The number of rotatable bonds is 5. The second-order valence-corrected chi connectivity index (χ2v) is 5.33. The van der Waals surface area contributed by atoms with Crippen LogP contribution in [0.4, 0.5) is 0 Å². The van der Waals surface area contributed by atoms with Crippen molar-refractivity contribution in [1.29, 1.82) is 0 Å². The predicted molar refractivity (Wildman–Crippen MR) is 71.5 cm³/mol. The van der Waals surface area contributed by atoms with Crippen molar-refractivity contribution in [2.24, 2.45) is 0 Å². The highest BCUT2D eigenvalue weighted by atomic mass is 79.9. The minimum absolute atomic E-state index is 0.735. The smallest absolute Gasteiger partial charge is 0.0348 e. The second-order valence-electron chi connectivity index (χ2n) is 4.41. The molecule has 2 rings (SSSR count). The summed E-state index contributed by atoms with van der Waals surface area (Å²) in [6.07, 6.45) is 1.23. The van der Waals surface area contributed by atoms with Crippen LogP contribution < -0.4 is 5.32 Å². The van der Waals surface area contributed by atoms with Gasteiger partial charge in [0.05, 0.1) is 0 Å². The molecule has 16 heavy (non-hydrogen) atoms. The van der Waals surface area contributed by atoms with Crippen molar-refractivity contribution in [2.45, 2.75) is 25.9 Å². The Bertz CT molecular complexity index is 336. The molecule has 1 heterocycles. The van der Waals surface area contributed by atoms with Crippen LogP contribution in [-0.4, -0.2) is 30.6 Å². The van der Waals surface area contributed by atoms with E-state index in [2.05, 4.69) is 57.3 Å². The van der Waals surface area contributed by atoms with Gasteiger partial charge in [0.15, 0.2) is 0 Å². The number of halogens is 1. The lowest BCUT2D eigenvalue weighted by molar-refractivity contribution is 0.138. The Morgan fingerprint density at radius 1 is 1.44 bits per heavy atom. The normalized spacial score (nSPS) is 16.4. The van der Waals surface area contributed by atoms with E-state index in [0.717, 1.165) is 25.7 Å². The molecule has 2 nitrogen and oxygen atoms in total. The van der Waals surface area contributed by atoms with E-state index in [1.54, 1.807) is 0 Å². The molecule has 0 saturated carbocycles. The molecule has 1 aromatic carbocycles. The van der Waals surface area contributed by atoms with E-state index in [-0.39, 0.29) is 0 Å². The van der Waals surface area contributed by atoms with Gasteiger partial charge >= 0.3 is 0 Å². The maximum absolute atomic E-state index is 3.53. The van der Waals surface area contributed by atoms with E-state index >= 15 is 0 Å². The van der Waals surface area contributed by atoms with Crippen molar-refractivity contribution in [3.63, 3.8) is 0 Å². The van der Waals surface area contributed by atoms with Gasteiger partial charge in [0, 0.05) is 30.1 Å². The lowest BCUT2D eigenvalue weighted by Crippen LogP contribution is -2.56. The molecule has 0 radical (unpaired) electrons. The Balaban J connectivity index is 1.98. The molecule has 1 aromatic rings. The number of nitrogens with one attached hydrogen (secondary N) is 1. The zero-order valence-corrected chi connectivity index (χ0v) is 11.3. The number of hydrogen-bond donors (Lipinski definition) is 1. The molecule has 0 spiro atoms. The zero-order chi connectivity index (χ0) is 11.4. The van der Waals surface area contributed by atoms with Crippen molar-refractivity contribution < 1.29 is 0 Å². The summed E-state index contributed by atoms with van der Waals surface area (Å²) >= 11 is 3.53. The average Bonchev–Trinajstić information content (AvgIpc) is 2.15. The minimum Gasteiger partial charge on any atom is -0.314 e. The maximum Gasteiger partial charge on any atom is 0.0348 e. The van der Waals surface area contributed by atoms with Gasteiger partial charge in [-0.15, -0.1) is 0 Å². The Morgan fingerprint density at radius 2 is 2.25 bits per heavy atom. The van der Waals surface area contributed by atoms with Gasteiger partial charge in [0.1, 0.15) is 0 Å². The molecular formula is C13H19BrN2. The summed E-state index contributed by atoms with van der Waals surface area (Å²) in [5.41, 5.74) is 1.40. The summed E-state index contributed by atoms with van der Waals surface area (Å²) in [5.74, 6) is 0. The van der Waals surface area contributed by atoms with Crippen molar-refractivity contribution >= 4 is 15.9 Å². The lowest BCUT2D eigenvalue weighted by atomic mass is 10.1. The zero-order valence-electron chi connectivity index (χ0n) is 9.75. The molecule has 1 saturated heterocycles. The molecular weight excluding hydrogens is 264 g/mol. The number of hydrogen-bond acceptors (Lipinski definition) is 2. The van der Waals surface area contributed by atoms with Crippen LogP contribution in [-0.2, 0) is 6.54 Å². The van der Waals surface area contributed by atoms with Crippen LogP contribution in [0.1, 0.15) is 18.9 Å². The summed E-state index contributed by atoms with van der Waals surface area (Å²) in [6.45, 7) is 6.81. The lowest BCUT2D eigenvalue weighted by Gasteiger charge is -2.38. The van der Waals surface area contributed by atoms with Gasteiger partial charge in [-0.25, -0.2) is 0 Å². The Kier molecular flexibility index (Phi) is 4.38. The van der Waals surface area contributed by atoms with Crippen LogP contribution in [0.25, 0.3) is 0 Å². The van der Waals surface area contributed by atoms with Crippen molar-refractivity contribution in [1.82, 2.24) is 10.2 Å². The van der Waals surface area contributed by atoms with Gasteiger partial charge < -0.3 is 5.32 Å². The molecule has 88 valence electrons. The van der Waals surface area contributed by atoms with Gasteiger partial charge in [-0.05, 0) is 30.7 Å². The topological polar surface area (TPSA) is 15.3 Å². The van der Waals surface area contributed by atoms with Gasteiger partial charge in [-0.3, -0.25) is 4.90 Å². The first-order valence-electron chi connectivity index (χ1n) is 5.99. The van der Waals surface area contributed by atoms with Crippen molar-refractivity contribution in [2.75, 3.05) is 19.6 Å². The number of benzene rings is 1. The van der Waals surface area contributed by atoms with Crippen molar-refractivity contribution in [3.05, 3.63) is 34.3 Å². The third-order valence-corrected chi connectivity index (χ3v) is 3.56. The molecule has 0 atom stereocenters. The molecule has 1 aliphatic rings. The molecule has 1 aliphatic heterocycles. The van der Waals surface area contributed by atoms with E-state index < -0.39 is 0 Å². The molecule has 0 bridgehead atoms. The molecule has 3 heteroatoms. The molecule has 0 aromatic heterocycles. The van der Waals surface area contributed by atoms with Crippen molar-refractivity contribution in [3.8, 4) is 0 Å².